The summed E-state index contributed by atoms with van der Waals surface area (Å²) in [5.41, 5.74) is 0.304. The van der Waals surface area contributed by atoms with Gasteiger partial charge in [-0.15, -0.1) is 0 Å². The van der Waals surface area contributed by atoms with E-state index in [0.717, 1.165) is 4.47 Å². The zero-order chi connectivity index (χ0) is 13.1. The normalized spacial score (nSPS) is 10.2. The smallest absolute Gasteiger partial charge is 0.155 e. The third-order valence-corrected chi connectivity index (χ3v) is 3.36. The molecule has 0 N–H and O–H groups in total. The zero-order valence-electron chi connectivity index (χ0n) is 8.99. The van der Waals surface area contributed by atoms with E-state index in [9.17, 15) is 4.79 Å². The van der Waals surface area contributed by atoms with Crippen molar-refractivity contribution in [2.75, 3.05) is 0 Å². The SMILES string of the molecule is O=Cc1c(Cl)cccc1Oc1ccc(Br)cc1Cl. The first kappa shape index (κ1) is 13.4. The number of aldehydes is 1. The molecule has 0 aliphatic carbocycles. The van der Waals surface area contributed by atoms with Crippen LogP contribution in [0.15, 0.2) is 40.9 Å². The Bertz CT molecular complexity index is 600. The largest absolute Gasteiger partial charge is 0.455 e. The monoisotopic (exact) mass is 344 g/mol. The Hall–Kier alpha value is -1.03. The van der Waals surface area contributed by atoms with E-state index in [2.05, 4.69) is 15.9 Å². The lowest BCUT2D eigenvalue weighted by atomic mass is 10.2. The summed E-state index contributed by atoms with van der Waals surface area (Å²) in [6, 6.07) is 10.2. The molecule has 2 aromatic rings. The lowest BCUT2D eigenvalue weighted by Crippen LogP contribution is -1.92. The van der Waals surface area contributed by atoms with E-state index >= 15 is 0 Å². The molecule has 2 nitrogen and oxygen atoms in total. The van der Waals surface area contributed by atoms with Gasteiger partial charge in [0.25, 0.3) is 0 Å². The van der Waals surface area contributed by atoms with Crippen molar-refractivity contribution in [2.45, 2.75) is 0 Å². The van der Waals surface area contributed by atoms with E-state index in [1.165, 1.54) is 0 Å². The lowest BCUT2D eigenvalue weighted by Gasteiger charge is -2.10. The van der Waals surface area contributed by atoms with Gasteiger partial charge in [0, 0.05) is 4.47 Å². The molecule has 0 saturated heterocycles. The molecule has 0 atom stereocenters. The standard InChI is InChI=1S/C13H7BrCl2O2/c14-8-4-5-13(11(16)6-8)18-12-3-1-2-10(15)9(12)7-17/h1-7H. The maximum atomic E-state index is 11.0. The molecule has 0 heterocycles. The molecule has 0 bridgehead atoms. The van der Waals surface area contributed by atoms with E-state index in [4.69, 9.17) is 27.9 Å². The quantitative estimate of drug-likeness (QED) is 0.700. The second kappa shape index (κ2) is 5.74. The van der Waals surface area contributed by atoms with Gasteiger partial charge in [-0.1, -0.05) is 45.2 Å². The summed E-state index contributed by atoms with van der Waals surface area (Å²) in [5.74, 6) is 0.840. The number of benzene rings is 2. The van der Waals surface area contributed by atoms with Crippen LogP contribution in [0, 0.1) is 0 Å². The molecule has 0 fully saturated rings. The average molecular weight is 346 g/mol. The molecule has 0 radical (unpaired) electrons. The summed E-state index contributed by atoms with van der Waals surface area (Å²) in [6.07, 6.45) is 0.657. The molecule has 2 rings (SSSR count). The first-order valence-corrected chi connectivity index (χ1v) is 6.53. The highest BCUT2D eigenvalue weighted by molar-refractivity contribution is 9.10. The Morgan fingerprint density at radius 2 is 1.83 bits per heavy atom. The third-order valence-electron chi connectivity index (χ3n) is 2.24. The van der Waals surface area contributed by atoms with Crippen LogP contribution in [0.4, 0.5) is 0 Å². The molecule has 92 valence electrons. The van der Waals surface area contributed by atoms with Gasteiger partial charge in [-0.3, -0.25) is 4.79 Å². The van der Waals surface area contributed by atoms with Crippen LogP contribution in [0.2, 0.25) is 10.0 Å². The number of carbonyl (C=O) groups excluding carboxylic acids is 1. The first-order chi connectivity index (χ1) is 8.61. The van der Waals surface area contributed by atoms with Crippen LogP contribution in [-0.2, 0) is 0 Å². The molecular formula is C13H7BrCl2O2. The molecule has 0 aliphatic heterocycles. The van der Waals surface area contributed by atoms with Gasteiger partial charge >= 0.3 is 0 Å². The molecule has 2 aromatic carbocycles. The second-order valence-electron chi connectivity index (χ2n) is 3.45. The van der Waals surface area contributed by atoms with Crippen molar-refractivity contribution in [3.05, 3.63) is 56.5 Å². The predicted octanol–water partition coefficient (Wildman–Crippen LogP) is 5.36. The van der Waals surface area contributed by atoms with Crippen molar-refractivity contribution < 1.29 is 9.53 Å². The van der Waals surface area contributed by atoms with Crippen LogP contribution < -0.4 is 4.74 Å². The number of rotatable bonds is 3. The van der Waals surface area contributed by atoms with E-state index in [-0.39, 0.29) is 0 Å². The van der Waals surface area contributed by atoms with Gasteiger partial charge in [0.05, 0.1) is 15.6 Å². The van der Waals surface area contributed by atoms with Crippen molar-refractivity contribution in [1.82, 2.24) is 0 Å². The van der Waals surface area contributed by atoms with Crippen LogP contribution in [-0.4, -0.2) is 6.29 Å². The van der Waals surface area contributed by atoms with E-state index in [1.54, 1.807) is 36.4 Å². The molecule has 0 unspecified atom stereocenters. The summed E-state index contributed by atoms with van der Waals surface area (Å²) < 4.78 is 6.45. The Labute approximate surface area is 123 Å². The van der Waals surface area contributed by atoms with Gasteiger partial charge in [0.15, 0.2) is 6.29 Å². The van der Waals surface area contributed by atoms with Crippen molar-refractivity contribution in [3.8, 4) is 11.5 Å². The lowest BCUT2D eigenvalue weighted by molar-refractivity contribution is 0.112. The number of carbonyl (C=O) groups is 1. The van der Waals surface area contributed by atoms with Crippen LogP contribution in [0.3, 0.4) is 0 Å². The number of hydrogen-bond donors (Lipinski definition) is 0. The van der Waals surface area contributed by atoms with Crippen LogP contribution >= 0.6 is 39.1 Å². The van der Waals surface area contributed by atoms with Crippen LogP contribution in [0.5, 0.6) is 11.5 Å². The molecule has 0 aliphatic rings. The van der Waals surface area contributed by atoms with Gasteiger partial charge in [0.2, 0.25) is 0 Å². The number of halogens is 3. The predicted molar refractivity (Wildman–Crippen MR) is 76.1 cm³/mol. The summed E-state index contributed by atoms with van der Waals surface area (Å²) in [5, 5.41) is 0.789. The summed E-state index contributed by atoms with van der Waals surface area (Å²) >= 11 is 15.3. The van der Waals surface area contributed by atoms with Gasteiger partial charge in [-0.05, 0) is 30.3 Å². The van der Waals surface area contributed by atoms with Crippen LogP contribution in [0.1, 0.15) is 10.4 Å². The second-order valence-corrected chi connectivity index (χ2v) is 5.18. The molecule has 0 spiro atoms. The molecule has 0 aromatic heterocycles. The molecule has 18 heavy (non-hydrogen) atoms. The summed E-state index contributed by atoms with van der Waals surface area (Å²) in [7, 11) is 0. The maximum absolute atomic E-state index is 11.0. The van der Waals surface area contributed by atoms with E-state index < -0.39 is 0 Å². The van der Waals surface area contributed by atoms with Gasteiger partial charge in [-0.25, -0.2) is 0 Å². The molecular weight excluding hydrogens is 339 g/mol. The highest BCUT2D eigenvalue weighted by atomic mass is 79.9. The molecule has 0 amide bonds. The fraction of sp³-hybridized carbons (Fsp3) is 0. The Morgan fingerprint density at radius 3 is 2.50 bits per heavy atom. The topological polar surface area (TPSA) is 26.3 Å². The maximum Gasteiger partial charge on any atom is 0.155 e. The average Bonchev–Trinajstić information content (AvgIpc) is 2.33. The highest BCUT2D eigenvalue weighted by Gasteiger charge is 2.10. The number of hydrogen-bond acceptors (Lipinski definition) is 2. The summed E-state index contributed by atoms with van der Waals surface area (Å²) in [4.78, 5) is 11.0. The molecule has 0 saturated carbocycles. The highest BCUT2D eigenvalue weighted by Crippen LogP contribution is 2.34. The van der Waals surface area contributed by atoms with E-state index in [1.807, 2.05) is 0 Å². The summed E-state index contributed by atoms with van der Waals surface area (Å²) in [6.45, 7) is 0. The minimum atomic E-state index is 0.304. The Balaban J connectivity index is 2.40. The van der Waals surface area contributed by atoms with Crippen molar-refractivity contribution in [1.29, 1.82) is 0 Å². The Morgan fingerprint density at radius 1 is 1.06 bits per heavy atom. The minimum absolute atomic E-state index is 0.304. The van der Waals surface area contributed by atoms with Crippen molar-refractivity contribution >= 4 is 45.4 Å². The van der Waals surface area contributed by atoms with Crippen molar-refractivity contribution in [3.63, 3.8) is 0 Å². The number of ether oxygens (including phenoxy) is 1. The third kappa shape index (κ3) is 2.86. The van der Waals surface area contributed by atoms with Crippen molar-refractivity contribution in [2.24, 2.45) is 0 Å². The molecule has 5 heteroatoms. The van der Waals surface area contributed by atoms with Gasteiger partial charge in [-0.2, -0.15) is 0 Å². The Kier molecular flexibility index (Phi) is 4.27. The van der Waals surface area contributed by atoms with E-state index in [0.29, 0.717) is 33.4 Å². The first-order valence-electron chi connectivity index (χ1n) is 4.98. The fourth-order valence-electron chi connectivity index (χ4n) is 1.40. The van der Waals surface area contributed by atoms with Crippen LogP contribution in [0.25, 0.3) is 0 Å². The minimum Gasteiger partial charge on any atom is -0.455 e. The zero-order valence-corrected chi connectivity index (χ0v) is 12.1. The van der Waals surface area contributed by atoms with Gasteiger partial charge in [0.1, 0.15) is 11.5 Å². The fourth-order valence-corrected chi connectivity index (χ4v) is 2.32. The van der Waals surface area contributed by atoms with Gasteiger partial charge < -0.3 is 4.74 Å².